The monoisotopic (exact) mass is 166 g/mol. The predicted octanol–water partition coefficient (Wildman–Crippen LogP) is -0.198. The van der Waals surface area contributed by atoms with Crippen LogP contribution in [0.3, 0.4) is 0 Å². The molecule has 0 aromatic heterocycles. The number of allylic oxidation sites excluding steroid dienone is 2. The van der Waals surface area contributed by atoms with Crippen LogP contribution in [-0.2, 0) is 9.53 Å². The van der Waals surface area contributed by atoms with Gasteiger partial charge in [-0.2, -0.15) is 0 Å². The van der Waals surface area contributed by atoms with Crippen LogP contribution in [0, 0.1) is 0 Å². The van der Waals surface area contributed by atoms with E-state index in [4.69, 9.17) is 4.74 Å². The molecular weight excluding hydrogens is 156 g/mol. The van der Waals surface area contributed by atoms with Crippen molar-refractivity contribution in [2.45, 2.75) is 6.23 Å². The zero-order chi connectivity index (χ0) is 8.55. The van der Waals surface area contributed by atoms with Crippen molar-refractivity contribution in [1.29, 1.82) is 0 Å². The van der Waals surface area contributed by atoms with Crippen molar-refractivity contribution in [2.24, 2.45) is 0 Å². The predicted molar refractivity (Wildman–Crippen MR) is 42.9 cm³/mol. The van der Waals surface area contributed by atoms with Crippen LogP contribution in [-0.4, -0.2) is 30.7 Å². The molecule has 0 saturated carbocycles. The van der Waals surface area contributed by atoms with Gasteiger partial charge in [0, 0.05) is 13.2 Å². The SMILES string of the molecule is CN1C=CC=C2NC(=O)COC21. The van der Waals surface area contributed by atoms with Crippen LogP contribution in [0.4, 0.5) is 0 Å². The number of ether oxygens (including phenoxy) is 1. The Labute approximate surface area is 70.5 Å². The number of nitrogens with one attached hydrogen (secondary N) is 1. The lowest BCUT2D eigenvalue weighted by Crippen LogP contribution is -2.47. The van der Waals surface area contributed by atoms with Crippen LogP contribution in [0.15, 0.2) is 24.0 Å². The fourth-order valence-electron chi connectivity index (χ4n) is 1.32. The fraction of sp³-hybridized carbons (Fsp3) is 0.375. The first-order valence-corrected chi connectivity index (χ1v) is 3.79. The Morgan fingerprint density at radius 1 is 1.75 bits per heavy atom. The van der Waals surface area contributed by atoms with E-state index in [1.807, 2.05) is 30.3 Å². The molecule has 4 nitrogen and oxygen atoms in total. The van der Waals surface area contributed by atoms with Crippen molar-refractivity contribution in [3.63, 3.8) is 0 Å². The summed E-state index contributed by atoms with van der Waals surface area (Å²) in [5.74, 6) is -0.0822. The summed E-state index contributed by atoms with van der Waals surface area (Å²) >= 11 is 0. The number of carbonyl (C=O) groups is 1. The van der Waals surface area contributed by atoms with Crippen LogP contribution in [0.1, 0.15) is 0 Å². The van der Waals surface area contributed by atoms with E-state index in [1.165, 1.54) is 0 Å². The molecule has 1 unspecified atom stereocenters. The van der Waals surface area contributed by atoms with E-state index < -0.39 is 0 Å². The summed E-state index contributed by atoms with van der Waals surface area (Å²) in [5.41, 5.74) is 0.816. The number of rotatable bonds is 0. The third kappa shape index (κ3) is 1.10. The van der Waals surface area contributed by atoms with Gasteiger partial charge in [0.25, 0.3) is 0 Å². The van der Waals surface area contributed by atoms with Crippen molar-refractivity contribution in [3.8, 4) is 0 Å². The normalized spacial score (nSPS) is 27.8. The molecule has 1 saturated heterocycles. The van der Waals surface area contributed by atoms with Gasteiger partial charge in [0.1, 0.15) is 6.61 Å². The fourth-order valence-corrected chi connectivity index (χ4v) is 1.32. The number of likely N-dealkylation sites (N-methyl/N-ethyl adjacent to an activating group) is 1. The number of carbonyl (C=O) groups excluding carboxylic acids is 1. The summed E-state index contributed by atoms with van der Waals surface area (Å²) in [6.07, 6.45) is 5.52. The molecule has 0 aliphatic carbocycles. The summed E-state index contributed by atoms with van der Waals surface area (Å²) in [6.45, 7) is 0.139. The molecule has 64 valence electrons. The third-order valence-electron chi connectivity index (χ3n) is 1.89. The second-order valence-electron chi connectivity index (χ2n) is 2.84. The first-order valence-electron chi connectivity index (χ1n) is 3.79. The Morgan fingerprint density at radius 2 is 2.58 bits per heavy atom. The van der Waals surface area contributed by atoms with Gasteiger partial charge in [-0.15, -0.1) is 0 Å². The summed E-state index contributed by atoms with van der Waals surface area (Å²) in [5, 5.41) is 2.75. The van der Waals surface area contributed by atoms with Crippen LogP contribution in [0.5, 0.6) is 0 Å². The van der Waals surface area contributed by atoms with Crippen LogP contribution in [0.2, 0.25) is 0 Å². The maximum Gasteiger partial charge on any atom is 0.250 e. The van der Waals surface area contributed by atoms with E-state index in [1.54, 1.807) is 0 Å². The molecule has 0 spiro atoms. The first kappa shape index (κ1) is 7.36. The van der Waals surface area contributed by atoms with Crippen molar-refractivity contribution >= 4 is 5.91 Å². The zero-order valence-corrected chi connectivity index (χ0v) is 6.78. The second kappa shape index (κ2) is 2.64. The first-order chi connectivity index (χ1) is 5.77. The van der Waals surface area contributed by atoms with Crippen molar-refractivity contribution in [3.05, 3.63) is 24.0 Å². The minimum absolute atomic E-state index is 0.0822. The molecule has 2 rings (SSSR count). The van der Waals surface area contributed by atoms with E-state index in [-0.39, 0.29) is 18.7 Å². The zero-order valence-electron chi connectivity index (χ0n) is 6.78. The third-order valence-corrected chi connectivity index (χ3v) is 1.89. The van der Waals surface area contributed by atoms with Gasteiger partial charge in [0.2, 0.25) is 5.91 Å². The number of amides is 1. The molecule has 0 aromatic rings. The van der Waals surface area contributed by atoms with Crippen LogP contribution >= 0.6 is 0 Å². The number of hydrogen-bond donors (Lipinski definition) is 1. The molecular formula is C8H10N2O2. The smallest absolute Gasteiger partial charge is 0.250 e. The Balaban J connectivity index is 2.21. The molecule has 0 bridgehead atoms. The molecule has 2 aliphatic heterocycles. The summed E-state index contributed by atoms with van der Waals surface area (Å²) in [6, 6.07) is 0. The molecule has 1 N–H and O–H groups in total. The van der Waals surface area contributed by atoms with Gasteiger partial charge in [0.05, 0.1) is 5.70 Å². The molecule has 4 heteroatoms. The van der Waals surface area contributed by atoms with E-state index in [9.17, 15) is 4.79 Å². The minimum atomic E-state index is -0.118. The van der Waals surface area contributed by atoms with Gasteiger partial charge in [-0.25, -0.2) is 0 Å². The molecule has 0 aromatic carbocycles. The Morgan fingerprint density at radius 3 is 3.42 bits per heavy atom. The molecule has 1 fully saturated rings. The lowest BCUT2D eigenvalue weighted by atomic mass is 10.2. The van der Waals surface area contributed by atoms with Gasteiger partial charge < -0.3 is 15.0 Å². The average molecular weight is 166 g/mol. The summed E-state index contributed by atoms with van der Waals surface area (Å²) in [7, 11) is 1.91. The lowest BCUT2D eigenvalue weighted by Gasteiger charge is -2.34. The lowest BCUT2D eigenvalue weighted by molar-refractivity contribution is -0.134. The minimum Gasteiger partial charge on any atom is -0.351 e. The molecule has 0 radical (unpaired) electrons. The maximum absolute atomic E-state index is 10.9. The Kier molecular flexibility index (Phi) is 1.62. The molecule has 1 amide bonds. The van der Waals surface area contributed by atoms with Crippen molar-refractivity contribution in [1.82, 2.24) is 10.2 Å². The van der Waals surface area contributed by atoms with E-state index in [0.29, 0.717) is 0 Å². The highest BCUT2D eigenvalue weighted by Crippen LogP contribution is 2.16. The van der Waals surface area contributed by atoms with E-state index >= 15 is 0 Å². The second-order valence-corrected chi connectivity index (χ2v) is 2.84. The quantitative estimate of drug-likeness (QED) is 0.542. The van der Waals surface area contributed by atoms with Gasteiger partial charge in [0.15, 0.2) is 6.23 Å². The topological polar surface area (TPSA) is 41.6 Å². The van der Waals surface area contributed by atoms with Crippen LogP contribution < -0.4 is 5.32 Å². The number of fused-ring (bicyclic) bond motifs is 1. The summed E-state index contributed by atoms with van der Waals surface area (Å²) in [4.78, 5) is 12.8. The van der Waals surface area contributed by atoms with Crippen LogP contribution in [0.25, 0.3) is 0 Å². The highest BCUT2D eigenvalue weighted by molar-refractivity contribution is 5.80. The molecule has 1 atom stereocenters. The standard InChI is InChI=1S/C8H10N2O2/c1-10-4-2-3-6-8(10)12-5-7(11)9-6/h2-4,8H,5H2,1H3,(H,9,11). The Hall–Kier alpha value is -1.29. The average Bonchev–Trinajstić information content (AvgIpc) is 2.04. The van der Waals surface area contributed by atoms with Crippen molar-refractivity contribution < 1.29 is 9.53 Å². The molecule has 12 heavy (non-hydrogen) atoms. The van der Waals surface area contributed by atoms with Gasteiger partial charge in [-0.1, -0.05) is 0 Å². The Bertz CT molecular complexity index is 270. The van der Waals surface area contributed by atoms with Gasteiger partial charge >= 0.3 is 0 Å². The van der Waals surface area contributed by atoms with E-state index in [2.05, 4.69) is 5.32 Å². The molecule has 2 aliphatic rings. The maximum atomic E-state index is 10.9. The van der Waals surface area contributed by atoms with Gasteiger partial charge in [-0.3, -0.25) is 4.79 Å². The largest absolute Gasteiger partial charge is 0.351 e. The van der Waals surface area contributed by atoms with Gasteiger partial charge in [-0.05, 0) is 12.2 Å². The highest BCUT2D eigenvalue weighted by Gasteiger charge is 2.26. The number of morpholine rings is 1. The highest BCUT2D eigenvalue weighted by atomic mass is 16.5. The summed E-state index contributed by atoms with van der Waals surface area (Å²) < 4.78 is 5.30. The number of hydrogen-bond acceptors (Lipinski definition) is 3. The van der Waals surface area contributed by atoms with Crippen molar-refractivity contribution in [2.75, 3.05) is 13.7 Å². The van der Waals surface area contributed by atoms with E-state index in [0.717, 1.165) is 5.70 Å². The number of nitrogens with zero attached hydrogens (tertiary/aromatic N) is 1. The molecule has 2 heterocycles.